The first-order valence-electron chi connectivity index (χ1n) is 6.51. The monoisotopic (exact) mass is 252 g/mol. The highest BCUT2D eigenvalue weighted by Crippen LogP contribution is 2.22. The maximum atomic E-state index is 11.0. The van der Waals surface area contributed by atoms with Gasteiger partial charge in [-0.25, -0.2) is 0 Å². The Kier molecular flexibility index (Phi) is 4.01. The van der Waals surface area contributed by atoms with Crippen molar-refractivity contribution >= 4 is 5.97 Å². The lowest BCUT2D eigenvalue weighted by Gasteiger charge is -2.30. The summed E-state index contributed by atoms with van der Waals surface area (Å²) >= 11 is 0. The quantitative estimate of drug-likeness (QED) is 0.885. The molecule has 2 rings (SSSR count). The number of aromatic nitrogens is 1. The number of carboxylic acid groups (broad SMARTS) is 1. The van der Waals surface area contributed by atoms with E-state index in [-0.39, 0.29) is 5.92 Å². The standard InChI is InChI=1S/C13H20N2O3/c1-3-12-11(9(2)18-14-12)8-15-6-4-5-10(7-15)13(16)17/h10H,3-8H2,1-2H3,(H,16,17). The number of rotatable bonds is 4. The summed E-state index contributed by atoms with van der Waals surface area (Å²) in [7, 11) is 0. The van der Waals surface area contributed by atoms with Crippen LogP contribution in [0.15, 0.2) is 4.52 Å². The van der Waals surface area contributed by atoms with Crippen molar-refractivity contribution < 1.29 is 14.4 Å². The molecule has 2 heterocycles. The molecule has 1 atom stereocenters. The Morgan fingerprint density at radius 3 is 3.06 bits per heavy atom. The smallest absolute Gasteiger partial charge is 0.307 e. The normalized spacial score (nSPS) is 21.1. The summed E-state index contributed by atoms with van der Waals surface area (Å²) in [6, 6.07) is 0. The number of nitrogens with zero attached hydrogens (tertiary/aromatic N) is 2. The van der Waals surface area contributed by atoms with E-state index in [1.165, 1.54) is 0 Å². The molecule has 1 aliphatic rings. The number of aliphatic carboxylic acids is 1. The average molecular weight is 252 g/mol. The van der Waals surface area contributed by atoms with E-state index in [4.69, 9.17) is 9.63 Å². The Hall–Kier alpha value is -1.36. The highest BCUT2D eigenvalue weighted by atomic mass is 16.5. The summed E-state index contributed by atoms with van der Waals surface area (Å²) in [5, 5.41) is 13.1. The highest BCUT2D eigenvalue weighted by molar-refractivity contribution is 5.70. The van der Waals surface area contributed by atoms with Crippen molar-refractivity contribution in [2.75, 3.05) is 13.1 Å². The molecule has 0 spiro atoms. The van der Waals surface area contributed by atoms with Gasteiger partial charge in [-0.05, 0) is 32.7 Å². The van der Waals surface area contributed by atoms with Crippen LogP contribution in [0.3, 0.4) is 0 Å². The minimum absolute atomic E-state index is 0.232. The van der Waals surface area contributed by atoms with Crippen LogP contribution in [-0.2, 0) is 17.8 Å². The Morgan fingerprint density at radius 2 is 2.39 bits per heavy atom. The molecule has 0 saturated carbocycles. The summed E-state index contributed by atoms with van der Waals surface area (Å²) < 4.78 is 5.21. The molecule has 5 heteroatoms. The van der Waals surface area contributed by atoms with Gasteiger partial charge in [-0.1, -0.05) is 12.1 Å². The van der Waals surface area contributed by atoms with Crippen molar-refractivity contribution in [2.45, 2.75) is 39.7 Å². The van der Waals surface area contributed by atoms with Gasteiger partial charge in [0.05, 0.1) is 11.6 Å². The topological polar surface area (TPSA) is 66.6 Å². The largest absolute Gasteiger partial charge is 0.481 e. The van der Waals surface area contributed by atoms with E-state index in [1.807, 2.05) is 6.92 Å². The zero-order valence-electron chi connectivity index (χ0n) is 11.0. The molecule has 0 amide bonds. The van der Waals surface area contributed by atoms with Crippen LogP contribution in [0.4, 0.5) is 0 Å². The van der Waals surface area contributed by atoms with Gasteiger partial charge in [0.2, 0.25) is 0 Å². The van der Waals surface area contributed by atoms with E-state index in [2.05, 4.69) is 17.0 Å². The third-order valence-electron chi connectivity index (χ3n) is 3.64. The summed E-state index contributed by atoms with van der Waals surface area (Å²) in [5.74, 6) is -0.0641. The second-order valence-electron chi connectivity index (χ2n) is 4.93. The van der Waals surface area contributed by atoms with Gasteiger partial charge in [0.1, 0.15) is 5.76 Å². The second kappa shape index (κ2) is 5.52. The van der Waals surface area contributed by atoms with Crippen molar-refractivity contribution in [2.24, 2.45) is 5.92 Å². The van der Waals surface area contributed by atoms with E-state index in [1.54, 1.807) is 0 Å². The molecule has 0 aromatic carbocycles. The number of aryl methyl sites for hydroxylation is 2. The maximum absolute atomic E-state index is 11.0. The summed E-state index contributed by atoms with van der Waals surface area (Å²) in [6.45, 7) is 6.31. The fourth-order valence-corrected chi connectivity index (χ4v) is 2.54. The number of carbonyl (C=O) groups is 1. The molecule has 1 saturated heterocycles. The van der Waals surface area contributed by atoms with Crippen LogP contribution in [0.2, 0.25) is 0 Å². The SMILES string of the molecule is CCc1noc(C)c1CN1CCCC(C(=O)O)C1. The molecule has 1 aromatic heterocycles. The molecule has 1 fully saturated rings. The van der Waals surface area contributed by atoms with Gasteiger partial charge in [-0.3, -0.25) is 9.69 Å². The molecular weight excluding hydrogens is 232 g/mol. The number of hydrogen-bond acceptors (Lipinski definition) is 4. The molecule has 100 valence electrons. The van der Waals surface area contributed by atoms with Crippen LogP contribution in [-0.4, -0.2) is 34.2 Å². The Bertz CT molecular complexity index is 428. The van der Waals surface area contributed by atoms with Gasteiger partial charge in [-0.15, -0.1) is 0 Å². The molecule has 1 aromatic rings. The van der Waals surface area contributed by atoms with Crippen molar-refractivity contribution in [1.82, 2.24) is 10.1 Å². The molecule has 1 aliphatic heterocycles. The molecule has 0 aliphatic carbocycles. The minimum Gasteiger partial charge on any atom is -0.481 e. The van der Waals surface area contributed by atoms with Crippen LogP contribution in [0, 0.1) is 12.8 Å². The van der Waals surface area contributed by atoms with E-state index >= 15 is 0 Å². The van der Waals surface area contributed by atoms with Crippen LogP contribution in [0.25, 0.3) is 0 Å². The first-order chi connectivity index (χ1) is 8.61. The maximum Gasteiger partial charge on any atom is 0.307 e. The lowest BCUT2D eigenvalue weighted by molar-refractivity contribution is -0.143. The van der Waals surface area contributed by atoms with E-state index in [0.29, 0.717) is 6.54 Å². The Morgan fingerprint density at radius 1 is 1.61 bits per heavy atom. The third-order valence-corrected chi connectivity index (χ3v) is 3.64. The minimum atomic E-state index is -0.683. The number of carboxylic acids is 1. The summed E-state index contributed by atoms with van der Waals surface area (Å²) in [4.78, 5) is 13.2. The summed E-state index contributed by atoms with van der Waals surface area (Å²) in [5.41, 5.74) is 2.12. The first kappa shape index (κ1) is 13.1. The van der Waals surface area contributed by atoms with Gasteiger partial charge >= 0.3 is 5.97 Å². The third kappa shape index (κ3) is 2.72. The Labute approximate surface area is 107 Å². The average Bonchev–Trinajstić information content (AvgIpc) is 2.71. The van der Waals surface area contributed by atoms with E-state index < -0.39 is 5.97 Å². The number of hydrogen-bond donors (Lipinski definition) is 1. The fraction of sp³-hybridized carbons (Fsp3) is 0.692. The predicted molar refractivity (Wildman–Crippen MR) is 66.3 cm³/mol. The molecule has 0 bridgehead atoms. The lowest BCUT2D eigenvalue weighted by atomic mass is 9.97. The van der Waals surface area contributed by atoms with Gasteiger partial charge in [0.15, 0.2) is 0 Å². The van der Waals surface area contributed by atoms with Gasteiger partial charge in [-0.2, -0.15) is 0 Å². The Balaban J connectivity index is 2.04. The molecule has 1 N–H and O–H groups in total. The van der Waals surface area contributed by atoms with Crippen molar-refractivity contribution in [3.05, 3.63) is 17.0 Å². The number of likely N-dealkylation sites (tertiary alicyclic amines) is 1. The van der Waals surface area contributed by atoms with Gasteiger partial charge in [0, 0.05) is 18.7 Å². The van der Waals surface area contributed by atoms with Crippen LogP contribution >= 0.6 is 0 Å². The molecular formula is C13H20N2O3. The van der Waals surface area contributed by atoms with Crippen molar-refractivity contribution in [1.29, 1.82) is 0 Å². The second-order valence-corrected chi connectivity index (χ2v) is 4.93. The molecule has 1 unspecified atom stereocenters. The fourth-order valence-electron chi connectivity index (χ4n) is 2.54. The van der Waals surface area contributed by atoms with Crippen LogP contribution in [0.1, 0.15) is 36.8 Å². The van der Waals surface area contributed by atoms with Crippen molar-refractivity contribution in [3.8, 4) is 0 Å². The van der Waals surface area contributed by atoms with E-state index in [0.717, 1.165) is 49.4 Å². The number of piperidine rings is 1. The van der Waals surface area contributed by atoms with Crippen molar-refractivity contribution in [3.63, 3.8) is 0 Å². The van der Waals surface area contributed by atoms with E-state index in [9.17, 15) is 4.79 Å². The molecule has 5 nitrogen and oxygen atoms in total. The van der Waals surface area contributed by atoms with Crippen LogP contribution in [0.5, 0.6) is 0 Å². The molecule has 18 heavy (non-hydrogen) atoms. The summed E-state index contributed by atoms with van der Waals surface area (Å²) in [6.07, 6.45) is 2.58. The zero-order chi connectivity index (χ0) is 13.1. The van der Waals surface area contributed by atoms with Crippen LogP contribution < -0.4 is 0 Å². The highest BCUT2D eigenvalue weighted by Gasteiger charge is 2.26. The predicted octanol–water partition coefficient (Wildman–Crippen LogP) is 1.84. The van der Waals surface area contributed by atoms with Gasteiger partial charge < -0.3 is 9.63 Å². The lowest BCUT2D eigenvalue weighted by Crippen LogP contribution is -2.38. The first-order valence-corrected chi connectivity index (χ1v) is 6.51. The molecule has 0 radical (unpaired) electrons. The van der Waals surface area contributed by atoms with Gasteiger partial charge in [0.25, 0.3) is 0 Å². The zero-order valence-corrected chi connectivity index (χ0v) is 11.0.